The van der Waals surface area contributed by atoms with Crippen LogP contribution in [-0.4, -0.2) is 80.8 Å². The Hall–Kier alpha value is -9.56. The lowest BCUT2D eigenvalue weighted by molar-refractivity contribution is 0.0585. The zero-order valence-electron chi connectivity index (χ0n) is 44.7. The third kappa shape index (κ3) is 14.8. The fourth-order valence-corrected chi connectivity index (χ4v) is 8.40. The van der Waals surface area contributed by atoms with Crippen molar-refractivity contribution in [2.24, 2.45) is 0 Å². The molecule has 0 saturated heterocycles. The van der Waals surface area contributed by atoms with Gasteiger partial charge in [-0.15, -0.1) is 0 Å². The van der Waals surface area contributed by atoms with Gasteiger partial charge in [0.1, 0.15) is 68.2 Å². The van der Waals surface area contributed by atoms with E-state index in [9.17, 15) is 19.2 Å². The maximum atomic E-state index is 12.7. The molecule has 0 aromatic heterocycles. The van der Waals surface area contributed by atoms with Crippen LogP contribution < -0.4 is 28.4 Å². The SMILES string of the molecule is COC(=O)c1cc(Cc2ccc(OC)cc2)ccc1Oc1ccc(Cc2ccc(OC)cc2)cc1C(=O)OC.COC(=O)c1cc(Cc2ccc(Oc3ccc(Cc4ccc(OC)c(C(=O)OC)c4)cc3)cc2)ccc1OC. The van der Waals surface area contributed by atoms with Crippen molar-refractivity contribution in [2.75, 3.05) is 56.9 Å². The van der Waals surface area contributed by atoms with E-state index in [2.05, 4.69) is 0 Å². The van der Waals surface area contributed by atoms with Crippen LogP contribution in [0.2, 0.25) is 0 Å². The molecule has 8 aromatic rings. The Kier molecular flexibility index (Phi) is 19.7. The highest BCUT2D eigenvalue weighted by molar-refractivity contribution is 5.95. The Morgan fingerprint density at radius 1 is 0.256 bits per heavy atom. The normalized spacial score (nSPS) is 10.5. The lowest BCUT2D eigenvalue weighted by Gasteiger charge is -2.15. The molecule has 0 radical (unpaired) electrons. The highest BCUT2D eigenvalue weighted by atomic mass is 16.5. The molecule has 8 aromatic carbocycles. The molecule has 0 fully saturated rings. The summed E-state index contributed by atoms with van der Waals surface area (Å²) in [6.45, 7) is 0. The van der Waals surface area contributed by atoms with Gasteiger partial charge in [0.15, 0.2) is 0 Å². The van der Waals surface area contributed by atoms with Crippen molar-refractivity contribution in [3.8, 4) is 46.0 Å². The number of esters is 4. The first-order valence-corrected chi connectivity index (χ1v) is 24.6. The molecule has 14 heteroatoms. The lowest BCUT2D eigenvalue weighted by atomic mass is 10.0. The van der Waals surface area contributed by atoms with E-state index in [1.54, 1.807) is 62.8 Å². The summed E-state index contributed by atoms with van der Waals surface area (Å²) in [7, 11) is 11.6. The fourth-order valence-electron chi connectivity index (χ4n) is 8.40. The van der Waals surface area contributed by atoms with Crippen LogP contribution in [0.25, 0.3) is 0 Å². The van der Waals surface area contributed by atoms with Gasteiger partial charge in [0.05, 0.1) is 56.9 Å². The van der Waals surface area contributed by atoms with Gasteiger partial charge in [-0.25, -0.2) is 19.2 Å². The first kappa shape index (κ1) is 56.2. The van der Waals surface area contributed by atoms with Gasteiger partial charge in [-0.3, -0.25) is 0 Å². The molecule has 400 valence electrons. The Morgan fingerprint density at radius 3 is 0.731 bits per heavy atom. The number of ether oxygens (including phenoxy) is 10. The van der Waals surface area contributed by atoms with Gasteiger partial charge in [-0.05, 0) is 167 Å². The average Bonchev–Trinajstić information content (AvgIpc) is 3.49. The predicted octanol–water partition coefficient (Wildman–Crippen LogP) is 12.5. The summed E-state index contributed by atoms with van der Waals surface area (Å²) in [6, 6.07) is 52.7. The average molecular weight is 1050 g/mol. The first-order chi connectivity index (χ1) is 37.9. The van der Waals surface area contributed by atoms with Gasteiger partial charge >= 0.3 is 23.9 Å². The standard InChI is InChI=1S/2C32H30O7/c1-35-29-15-9-23(19-27(29)31(33)37-3)17-21-5-11-25(12-6-21)39-26-13-7-22(8-14-26)18-24-10-16-30(36-2)28(20-24)32(34)38-4;1-35-25-11-5-21(6-12-25)17-23-9-15-29(27(19-23)31(33)37-3)39-30-16-10-24(20-28(30)32(34)38-4)18-22-7-13-26(36-2)14-8-22/h2*5-16,19-20H,17-18H2,1-4H3. The largest absolute Gasteiger partial charge is 0.497 e. The summed E-state index contributed by atoms with van der Waals surface area (Å²) < 4.78 is 52.9. The van der Waals surface area contributed by atoms with Crippen LogP contribution in [-0.2, 0) is 44.6 Å². The van der Waals surface area contributed by atoms with Crippen molar-refractivity contribution in [2.45, 2.75) is 25.7 Å². The molecule has 0 N–H and O–H groups in total. The number of rotatable bonds is 20. The van der Waals surface area contributed by atoms with Crippen LogP contribution in [0.4, 0.5) is 0 Å². The number of hydrogen-bond donors (Lipinski definition) is 0. The summed E-state index contributed by atoms with van der Waals surface area (Å²) in [6.07, 6.45) is 2.49. The van der Waals surface area contributed by atoms with Crippen molar-refractivity contribution >= 4 is 23.9 Å². The van der Waals surface area contributed by atoms with Crippen molar-refractivity contribution in [1.82, 2.24) is 0 Å². The molecular formula is C64H60O14. The molecule has 0 heterocycles. The Labute approximate surface area is 453 Å². The van der Waals surface area contributed by atoms with E-state index in [1.807, 2.05) is 121 Å². The first-order valence-electron chi connectivity index (χ1n) is 24.6. The van der Waals surface area contributed by atoms with E-state index < -0.39 is 23.9 Å². The van der Waals surface area contributed by atoms with Gasteiger partial charge < -0.3 is 47.4 Å². The van der Waals surface area contributed by atoms with Gasteiger partial charge in [0.2, 0.25) is 0 Å². The minimum Gasteiger partial charge on any atom is -0.497 e. The third-order valence-corrected chi connectivity index (χ3v) is 12.5. The smallest absolute Gasteiger partial charge is 0.341 e. The number of carbonyl (C=O) groups is 4. The zero-order valence-corrected chi connectivity index (χ0v) is 44.7. The Balaban J connectivity index is 0.000000226. The monoisotopic (exact) mass is 1050 g/mol. The number of methoxy groups -OCH3 is 8. The molecule has 0 aliphatic heterocycles. The van der Waals surface area contributed by atoms with E-state index in [4.69, 9.17) is 47.4 Å². The summed E-state index contributed by atoms with van der Waals surface area (Å²) in [5.41, 5.74) is 9.30. The number of benzene rings is 8. The third-order valence-electron chi connectivity index (χ3n) is 12.5. The molecule has 0 aliphatic carbocycles. The van der Waals surface area contributed by atoms with E-state index in [-0.39, 0.29) is 22.6 Å². The number of carbonyl (C=O) groups excluding carboxylic acids is 4. The number of hydrogen-bond acceptors (Lipinski definition) is 14. The quantitative estimate of drug-likeness (QED) is 0.0524. The van der Waals surface area contributed by atoms with Gasteiger partial charge in [-0.2, -0.15) is 0 Å². The van der Waals surface area contributed by atoms with Gasteiger partial charge in [0.25, 0.3) is 0 Å². The van der Waals surface area contributed by atoms with Gasteiger partial charge in [-0.1, -0.05) is 72.8 Å². The molecule has 0 atom stereocenters. The molecule has 0 unspecified atom stereocenters. The molecule has 0 saturated carbocycles. The fraction of sp³-hybridized carbons (Fsp3) is 0.188. The molecule has 8 rings (SSSR count). The van der Waals surface area contributed by atoms with E-state index >= 15 is 0 Å². The maximum Gasteiger partial charge on any atom is 0.341 e. The van der Waals surface area contributed by atoms with Crippen LogP contribution >= 0.6 is 0 Å². The topological polar surface area (TPSA) is 161 Å². The van der Waals surface area contributed by atoms with E-state index in [0.29, 0.717) is 59.8 Å². The second-order valence-electron chi connectivity index (χ2n) is 17.6. The molecule has 0 spiro atoms. The van der Waals surface area contributed by atoms with Crippen LogP contribution in [0.3, 0.4) is 0 Å². The Bertz CT molecular complexity index is 3110. The molecule has 0 amide bonds. The minimum atomic E-state index is -0.544. The van der Waals surface area contributed by atoms with Crippen LogP contribution in [0.15, 0.2) is 170 Å². The zero-order chi connectivity index (χ0) is 55.6. The summed E-state index contributed by atoms with van der Waals surface area (Å²) in [5, 5.41) is 0. The minimum absolute atomic E-state index is 0.252. The molecular weight excluding hydrogens is 993 g/mol. The lowest BCUT2D eigenvalue weighted by Crippen LogP contribution is -2.08. The predicted molar refractivity (Wildman–Crippen MR) is 294 cm³/mol. The van der Waals surface area contributed by atoms with Crippen molar-refractivity contribution in [1.29, 1.82) is 0 Å². The highest BCUT2D eigenvalue weighted by Crippen LogP contribution is 2.33. The highest BCUT2D eigenvalue weighted by Gasteiger charge is 2.21. The van der Waals surface area contributed by atoms with Crippen molar-refractivity contribution in [3.05, 3.63) is 237 Å². The van der Waals surface area contributed by atoms with Crippen LogP contribution in [0.1, 0.15) is 85.9 Å². The van der Waals surface area contributed by atoms with E-state index in [0.717, 1.165) is 56.0 Å². The molecule has 14 nitrogen and oxygen atoms in total. The molecule has 0 aliphatic rings. The summed E-state index contributed by atoms with van der Waals surface area (Å²) in [5.74, 6) is 2.53. The maximum absolute atomic E-state index is 12.7. The second-order valence-corrected chi connectivity index (χ2v) is 17.6. The molecule has 78 heavy (non-hydrogen) atoms. The second kappa shape index (κ2) is 27.3. The Morgan fingerprint density at radius 2 is 0.487 bits per heavy atom. The summed E-state index contributed by atoms with van der Waals surface area (Å²) >= 11 is 0. The van der Waals surface area contributed by atoms with E-state index in [1.165, 1.54) is 42.7 Å². The van der Waals surface area contributed by atoms with Crippen molar-refractivity contribution in [3.63, 3.8) is 0 Å². The molecule has 0 bridgehead atoms. The summed E-state index contributed by atoms with van der Waals surface area (Å²) in [4.78, 5) is 49.5. The van der Waals surface area contributed by atoms with Gasteiger partial charge in [0, 0.05) is 0 Å². The van der Waals surface area contributed by atoms with Crippen molar-refractivity contribution < 1.29 is 66.5 Å². The van der Waals surface area contributed by atoms with Crippen LogP contribution in [0.5, 0.6) is 46.0 Å². The van der Waals surface area contributed by atoms with Crippen LogP contribution in [0, 0.1) is 0 Å².